The number of aryl methyl sites for hydroxylation is 1. The fourth-order valence-corrected chi connectivity index (χ4v) is 3.72. The van der Waals surface area contributed by atoms with Gasteiger partial charge in [0.1, 0.15) is 5.82 Å². The van der Waals surface area contributed by atoms with Crippen molar-refractivity contribution in [3.8, 4) is 0 Å². The van der Waals surface area contributed by atoms with E-state index in [1.807, 2.05) is 11.0 Å². The first-order chi connectivity index (χ1) is 11.1. The largest absolute Gasteiger partial charge is 0.336 e. The minimum atomic E-state index is -0.153. The highest BCUT2D eigenvalue weighted by Crippen LogP contribution is 2.21. The van der Waals surface area contributed by atoms with Gasteiger partial charge < -0.3 is 15.1 Å². The van der Waals surface area contributed by atoms with Crippen molar-refractivity contribution in [2.45, 2.75) is 44.7 Å². The number of piperidine rings is 1. The second-order valence-electron chi connectivity index (χ2n) is 6.71. The second kappa shape index (κ2) is 7.30. The van der Waals surface area contributed by atoms with Gasteiger partial charge in [-0.15, -0.1) is 0 Å². The van der Waals surface area contributed by atoms with Crippen molar-refractivity contribution < 1.29 is 9.18 Å². The van der Waals surface area contributed by atoms with E-state index in [1.165, 1.54) is 6.07 Å². The molecule has 0 saturated carbocycles. The summed E-state index contributed by atoms with van der Waals surface area (Å²) in [5.41, 5.74) is 1.07. The van der Waals surface area contributed by atoms with Crippen LogP contribution in [0.4, 0.5) is 9.18 Å². The first-order valence-electron chi connectivity index (χ1n) is 8.66. The van der Waals surface area contributed by atoms with Crippen molar-refractivity contribution in [3.63, 3.8) is 0 Å². The maximum Gasteiger partial charge on any atom is 0.317 e. The van der Waals surface area contributed by atoms with Gasteiger partial charge in [-0.05, 0) is 50.3 Å². The Kier molecular flexibility index (Phi) is 5.16. The first-order valence-corrected chi connectivity index (χ1v) is 8.66. The lowest BCUT2D eigenvalue weighted by atomic mass is 9.99. The molecule has 3 rings (SSSR count). The van der Waals surface area contributed by atoms with E-state index in [0.29, 0.717) is 12.1 Å². The number of hydrogen-bond donors (Lipinski definition) is 1. The van der Waals surface area contributed by atoms with Gasteiger partial charge in [-0.25, -0.2) is 9.18 Å². The van der Waals surface area contributed by atoms with Crippen LogP contribution in [0, 0.1) is 5.82 Å². The molecular weight excluding hydrogens is 293 g/mol. The average molecular weight is 319 g/mol. The van der Waals surface area contributed by atoms with Crippen molar-refractivity contribution in [1.29, 1.82) is 0 Å². The molecule has 1 aromatic carbocycles. The predicted octanol–water partition coefficient (Wildman–Crippen LogP) is 2.64. The number of carbonyl (C=O) groups is 1. The second-order valence-corrected chi connectivity index (χ2v) is 6.71. The summed E-state index contributed by atoms with van der Waals surface area (Å²) in [4.78, 5) is 16.2. The Morgan fingerprint density at radius 2 is 2.09 bits per heavy atom. The molecule has 126 valence electrons. The van der Waals surface area contributed by atoms with E-state index in [4.69, 9.17) is 0 Å². The maximum atomic E-state index is 13.2. The van der Waals surface area contributed by atoms with E-state index in [1.54, 1.807) is 12.1 Å². The summed E-state index contributed by atoms with van der Waals surface area (Å²) in [5.74, 6) is -0.153. The fraction of sp³-hybridized carbons (Fsp3) is 0.611. The minimum Gasteiger partial charge on any atom is -0.336 e. The lowest BCUT2D eigenvalue weighted by Crippen LogP contribution is -2.48. The smallest absolute Gasteiger partial charge is 0.317 e. The van der Waals surface area contributed by atoms with Gasteiger partial charge >= 0.3 is 6.03 Å². The number of carbonyl (C=O) groups excluding carboxylic acids is 1. The van der Waals surface area contributed by atoms with E-state index < -0.39 is 0 Å². The fourth-order valence-electron chi connectivity index (χ4n) is 3.72. The number of amides is 2. The zero-order valence-corrected chi connectivity index (χ0v) is 13.8. The molecule has 2 amide bonds. The van der Waals surface area contributed by atoms with Crippen LogP contribution in [0.25, 0.3) is 0 Å². The van der Waals surface area contributed by atoms with Crippen molar-refractivity contribution in [3.05, 3.63) is 35.6 Å². The minimum absolute atomic E-state index is 0.0996. The summed E-state index contributed by atoms with van der Waals surface area (Å²) in [6.45, 7) is 5.96. The molecule has 1 N–H and O–H groups in total. The summed E-state index contributed by atoms with van der Waals surface area (Å²) in [6.07, 6.45) is 4.06. The molecule has 0 aliphatic carbocycles. The summed E-state index contributed by atoms with van der Waals surface area (Å²) in [6, 6.07) is 7.88. The Morgan fingerprint density at radius 1 is 1.30 bits per heavy atom. The van der Waals surface area contributed by atoms with Crippen molar-refractivity contribution in [2.24, 2.45) is 0 Å². The number of benzene rings is 1. The van der Waals surface area contributed by atoms with E-state index >= 15 is 0 Å². The SMILES string of the molecule is C[C@H](CCc1cccc(F)c1)N1CCC(N2CCNC2=O)CC1. The number of rotatable bonds is 5. The number of urea groups is 1. The number of nitrogens with one attached hydrogen (secondary N) is 1. The van der Waals surface area contributed by atoms with Gasteiger partial charge in [0.25, 0.3) is 0 Å². The topological polar surface area (TPSA) is 35.6 Å². The van der Waals surface area contributed by atoms with E-state index in [2.05, 4.69) is 17.1 Å². The number of hydrogen-bond acceptors (Lipinski definition) is 2. The molecule has 2 heterocycles. The molecule has 1 atom stereocenters. The van der Waals surface area contributed by atoms with Crippen LogP contribution in [0.2, 0.25) is 0 Å². The van der Waals surface area contributed by atoms with Gasteiger partial charge in [0, 0.05) is 38.3 Å². The highest BCUT2D eigenvalue weighted by atomic mass is 19.1. The Balaban J connectivity index is 1.44. The highest BCUT2D eigenvalue weighted by molar-refractivity contribution is 5.76. The van der Waals surface area contributed by atoms with Crippen molar-refractivity contribution in [2.75, 3.05) is 26.2 Å². The number of halogens is 1. The molecule has 0 aromatic heterocycles. The van der Waals surface area contributed by atoms with Gasteiger partial charge in [-0.3, -0.25) is 0 Å². The lowest BCUT2D eigenvalue weighted by Gasteiger charge is -2.39. The van der Waals surface area contributed by atoms with Gasteiger partial charge in [-0.2, -0.15) is 0 Å². The van der Waals surface area contributed by atoms with Crippen LogP contribution in [0.3, 0.4) is 0 Å². The molecule has 1 aromatic rings. The molecule has 2 aliphatic heterocycles. The molecule has 0 unspecified atom stereocenters. The molecule has 0 radical (unpaired) electrons. The normalized spacial score (nSPS) is 21.5. The number of nitrogens with zero attached hydrogens (tertiary/aromatic N) is 2. The molecule has 4 nitrogen and oxygen atoms in total. The summed E-state index contributed by atoms with van der Waals surface area (Å²) in [7, 11) is 0. The molecule has 0 spiro atoms. The van der Waals surface area contributed by atoms with Crippen LogP contribution in [0.5, 0.6) is 0 Å². The van der Waals surface area contributed by atoms with Gasteiger partial charge in [0.15, 0.2) is 0 Å². The van der Waals surface area contributed by atoms with Crippen molar-refractivity contribution >= 4 is 6.03 Å². The zero-order valence-electron chi connectivity index (χ0n) is 13.8. The maximum absolute atomic E-state index is 13.2. The van der Waals surface area contributed by atoms with Crippen LogP contribution < -0.4 is 5.32 Å². The lowest BCUT2D eigenvalue weighted by molar-refractivity contribution is 0.108. The number of likely N-dealkylation sites (tertiary alicyclic amines) is 1. The van der Waals surface area contributed by atoms with Crippen LogP contribution in [0.1, 0.15) is 31.7 Å². The third kappa shape index (κ3) is 4.02. The Labute approximate surface area is 137 Å². The van der Waals surface area contributed by atoms with Crippen LogP contribution >= 0.6 is 0 Å². The zero-order chi connectivity index (χ0) is 16.2. The predicted molar refractivity (Wildman–Crippen MR) is 88.9 cm³/mol. The highest BCUT2D eigenvalue weighted by Gasteiger charge is 2.31. The van der Waals surface area contributed by atoms with E-state index in [-0.39, 0.29) is 11.8 Å². The Hall–Kier alpha value is -1.62. The molecular formula is C18H26FN3O. The molecule has 2 aliphatic rings. The standard InChI is InChI=1S/C18H26FN3O/c1-14(5-6-15-3-2-4-16(19)13-15)21-10-7-17(8-11-21)22-12-9-20-18(22)23/h2-4,13-14,17H,5-12H2,1H3,(H,20,23)/t14-/m1/s1. The average Bonchev–Trinajstić information content (AvgIpc) is 2.99. The van der Waals surface area contributed by atoms with Crippen molar-refractivity contribution in [1.82, 2.24) is 15.1 Å². The van der Waals surface area contributed by atoms with E-state index in [9.17, 15) is 9.18 Å². The third-order valence-corrected chi connectivity index (χ3v) is 5.19. The molecule has 0 bridgehead atoms. The summed E-state index contributed by atoms with van der Waals surface area (Å²) < 4.78 is 13.2. The molecule has 5 heteroatoms. The van der Waals surface area contributed by atoms with E-state index in [0.717, 1.165) is 57.4 Å². The van der Waals surface area contributed by atoms with Crippen LogP contribution in [0.15, 0.2) is 24.3 Å². The third-order valence-electron chi connectivity index (χ3n) is 5.19. The summed E-state index contributed by atoms with van der Waals surface area (Å²) in [5, 5.41) is 2.89. The molecule has 23 heavy (non-hydrogen) atoms. The van der Waals surface area contributed by atoms with Crippen LogP contribution in [-0.4, -0.2) is 54.1 Å². The monoisotopic (exact) mass is 319 g/mol. The van der Waals surface area contributed by atoms with Gasteiger partial charge in [0.2, 0.25) is 0 Å². The Morgan fingerprint density at radius 3 is 2.74 bits per heavy atom. The van der Waals surface area contributed by atoms with Gasteiger partial charge in [-0.1, -0.05) is 12.1 Å². The van der Waals surface area contributed by atoms with Crippen LogP contribution in [-0.2, 0) is 6.42 Å². The summed E-state index contributed by atoms with van der Waals surface area (Å²) >= 11 is 0. The quantitative estimate of drug-likeness (QED) is 0.905. The van der Waals surface area contributed by atoms with Gasteiger partial charge in [0.05, 0.1) is 0 Å². The first kappa shape index (κ1) is 16.2. The molecule has 2 saturated heterocycles. The molecule has 2 fully saturated rings. The Bertz CT molecular complexity index is 543.